The molecule has 0 saturated carbocycles. The Morgan fingerprint density at radius 3 is 2.86 bits per heavy atom. The summed E-state index contributed by atoms with van der Waals surface area (Å²) in [5.41, 5.74) is 1.70. The fourth-order valence-electron chi connectivity index (χ4n) is 2.30. The second kappa shape index (κ2) is 6.30. The molecule has 1 fully saturated rings. The number of nitrogens with zero attached hydrogens (tertiary/aromatic N) is 1. The first-order valence-electron chi connectivity index (χ1n) is 6.98. The van der Waals surface area contributed by atoms with Gasteiger partial charge in [-0.2, -0.15) is 0 Å². The van der Waals surface area contributed by atoms with Crippen LogP contribution in [0, 0.1) is 5.82 Å². The van der Waals surface area contributed by atoms with Crippen molar-refractivity contribution in [2.75, 3.05) is 6.54 Å². The van der Waals surface area contributed by atoms with E-state index in [1.165, 1.54) is 23.9 Å². The van der Waals surface area contributed by atoms with Crippen LogP contribution in [0.4, 0.5) is 4.39 Å². The van der Waals surface area contributed by atoms with E-state index < -0.39 is 0 Å². The van der Waals surface area contributed by atoms with Crippen molar-refractivity contribution >= 4 is 17.7 Å². The summed E-state index contributed by atoms with van der Waals surface area (Å²) in [5, 5.41) is 3.54. The van der Waals surface area contributed by atoms with E-state index >= 15 is 0 Å². The van der Waals surface area contributed by atoms with Gasteiger partial charge in [-0.05, 0) is 42.7 Å². The van der Waals surface area contributed by atoms with E-state index in [1.54, 1.807) is 18.3 Å². The van der Waals surface area contributed by atoms with Crippen LogP contribution < -0.4 is 5.32 Å². The number of aromatic amines is 1. The van der Waals surface area contributed by atoms with Crippen LogP contribution >= 0.6 is 11.8 Å². The summed E-state index contributed by atoms with van der Waals surface area (Å²) in [7, 11) is 0. The van der Waals surface area contributed by atoms with Crippen LogP contribution in [0.15, 0.2) is 35.6 Å². The number of rotatable bonds is 3. The average molecular weight is 305 g/mol. The summed E-state index contributed by atoms with van der Waals surface area (Å²) in [6.07, 6.45) is 4.65. The molecule has 1 aromatic heterocycles. The van der Waals surface area contributed by atoms with Gasteiger partial charge in [0, 0.05) is 6.54 Å². The number of carbonyl (C=O) groups excluding carboxylic acids is 1. The average Bonchev–Trinajstić information content (AvgIpc) is 2.85. The normalized spacial score (nSPS) is 19.1. The highest BCUT2D eigenvalue weighted by Gasteiger charge is 2.22. The zero-order chi connectivity index (χ0) is 14.7. The molecule has 1 aromatic carbocycles. The molecule has 0 aliphatic carbocycles. The third kappa shape index (κ3) is 3.44. The monoisotopic (exact) mass is 305 g/mol. The van der Waals surface area contributed by atoms with Gasteiger partial charge in [0.1, 0.15) is 5.82 Å². The zero-order valence-electron chi connectivity index (χ0n) is 11.4. The van der Waals surface area contributed by atoms with Gasteiger partial charge < -0.3 is 10.3 Å². The molecule has 0 spiro atoms. The molecule has 0 unspecified atom stereocenters. The van der Waals surface area contributed by atoms with Crippen molar-refractivity contribution in [2.45, 2.75) is 29.7 Å². The second-order valence-corrected chi connectivity index (χ2v) is 6.19. The first-order chi connectivity index (χ1) is 10.2. The van der Waals surface area contributed by atoms with Crippen LogP contribution in [0.1, 0.15) is 19.3 Å². The highest BCUT2D eigenvalue weighted by Crippen LogP contribution is 2.28. The fourth-order valence-corrected chi connectivity index (χ4v) is 3.32. The largest absolute Gasteiger partial charge is 0.355 e. The van der Waals surface area contributed by atoms with Crippen molar-refractivity contribution in [3.63, 3.8) is 0 Å². The number of hydrogen-bond acceptors (Lipinski definition) is 3. The summed E-state index contributed by atoms with van der Waals surface area (Å²) in [5.74, 6) is -0.180. The number of halogens is 1. The smallest absolute Gasteiger partial charge is 0.233 e. The van der Waals surface area contributed by atoms with Gasteiger partial charge in [-0.1, -0.05) is 18.2 Å². The molecule has 21 heavy (non-hydrogen) atoms. The van der Waals surface area contributed by atoms with E-state index in [0.717, 1.165) is 42.2 Å². The SMILES string of the molecule is O=C1NCCCC[C@H]1Sc1ncc(-c2ccc(F)cc2)[nH]1. The molecule has 1 amide bonds. The van der Waals surface area contributed by atoms with Gasteiger partial charge in [-0.15, -0.1) is 0 Å². The molecule has 2 heterocycles. The molecule has 1 aliphatic heterocycles. The van der Waals surface area contributed by atoms with E-state index in [0.29, 0.717) is 0 Å². The van der Waals surface area contributed by atoms with Gasteiger partial charge in [-0.3, -0.25) is 4.79 Å². The van der Waals surface area contributed by atoms with Crippen LogP contribution in [0.25, 0.3) is 11.3 Å². The van der Waals surface area contributed by atoms with E-state index in [1.807, 2.05) is 0 Å². The summed E-state index contributed by atoms with van der Waals surface area (Å²) in [4.78, 5) is 19.4. The number of aromatic nitrogens is 2. The number of carbonyl (C=O) groups is 1. The Morgan fingerprint density at radius 2 is 2.05 bits per heavy atom. The summed E-state index contributed by atoms with van der Waals surface area (Å²) in [6.45, 7) is 0.759. The molecule has 1 saturated heterocycles. The maximum Gasteiger partial charge on any atom is 0.233 e. The lowest BCUT2D eigenvalue weighted by Gasteiger charge is -2.10. The highest BCUT2D eigenvalue weighted by molar-refractivity contribution is 8.00. The number of amides is 1. The lowest BCUT2D eigenvalue weighted by molar-refractivity contribution is -0.120. The Kier molecular flexibility index (Phi) is 4.24. The van der Waals surface area contributed by atoms with Crippen molar-refractivity contribution in [3.05, 3.63) is 36.3 Å². The third-order valence-corrected chi connectivity index (χ3v) is 4.61. The molecule has 0 bridgehead atoms. The van der Waals surface area contributed by atoms with Gasteiger partial charge in [0.05, 0.1) is 17.1 Å². The maximum absolute atomic E-state index is 12.9. The Hall–Kier alpha value is -1.82. The van der Waals surface area contributed by atoms with Crippen molar-refractivity contribution in [1.82, 2.24) is 15.3 Å². The molecular weight excluding hydrogens is 289 g/mol. The molecule has 2 aromatic rings. The molecule has 0 radical (unpaired) electrons. The number of imidazole rings is 1. The van der Waals surface area contributed by atoms with Crippen LogP contribution in [-0.2, 0) is 4.79 Å². The molecule has 2 N–H and O–H groups in total. The Balaban J connectivity index is 1.72. The molecule has 1 aliphatic rings. The molecule has 3 rings (SSSR count). The molecule has 4 nitrogen and oxygen atoms in total. The van der Waals surface area contributed by atoms with E-state index in [2.05, 4.69) is 15.3 Å². The lowest BCUT2D eigenvalue weighted by atomic mass is 10.2. The zero-order valence-corrected chi connectivity index (χ0v) is 12.3. The minimum Gasteiger partial charge on any atom is -0.355 e. The lowest BCUT2D eigenvalue weighted by Crippen LogP contribution is -2.30. The van der Waals surface area contributed by atoms with Crippen LogP contribution in [-0.4, -0.2) is 27.7 Å². The third-order valence-electron chi connectivity index (χ3n) is 3.45. The summed E-state index contributed by atoms with van der Waals surface area (Å²) < 4.78 is 12.9. The second-order valence-electron chi connectivity index (χ2n) is 5.00. The van der Waals surface area contributed by atoms with Gasteiger partial charge in [-0.25, -0.2) is 9.37 Å². The molecule has 110 valence electrons. The number of thioether (sulfide) groups is 1. The van der Waals surface area contributed by atoms with Gasteiger partial charge in [0.25, 0.3) is 0 Å². The minimum atomic E-state index is -0.261. The van der Waals surface area contributed by atoms with E-state index in [-0.39, 0.29) is 17.0 Å². The van der Waals surface area contributed by atoms with Crippen LogP contribution in [0.2, 0.25) is 0 Å². The highest BCUT2D eigenvalue weighted by atomic mass is 32.2. The minimum absolute atomic E-state index is 0.0808. The topological polar surface area (TPSA) is 57.8 Å². The Morgan fingerprint density at radius 1 is 1.24 bits per heavy atom. The molecule has 6 heteroatoms. The van der Waals surface area contributed by atoms with E-state index in [9.17, 15) is 9.18 Å². The van der Waals surface area contributed by atoms with Crippen molar-refractivity contribution in [1.29, 1.82) is 0 Å². The van der Waals surface area contributed by atoms with E-state index in [4.69, 9.17) is 0 Å². The maximum atomic E-state index is 12.9. The van der Waals surface area contributed by atoms with Gasteiger partial charge in [0.2, 0.25) is 5.91 Å². The van der Waals surface area contributed by atoms with Crippen LogP contribution in [0.5, 0.6) is 0 Å². The van der Waals surface area contributed by atoms with Crippen molar-refractivity contribution in [3.8, 4) is 11.3 Å². The fraction of sp³-hybridized carbons (Fsp3) is 0.333. The number of hydrogen-bond donors (Lipinski definition) is 2. The standard InChI is InChI=1S/C15H16FN3OS/c16-11-6-4-10(5-7-11)12-9-18-15(19-12)21-13-3-1-2-8-17-14(13)20/h4-7,9,13H,1-3,8H2,(H,17,20)(H,18,19)/t13-/m1/s1. The number of nitrogens with one attached hydrogen (secondary N) is 2. The number of benzene rings is 1. The first kappa shape index (κ1) is 14.1. The van der Waals surface area contributed by atoms with Crippen molar-refractivity contribution in [2.24, 2.45) is 0 Å². The predicted octanol–water partition coefficient (Wildman–Crippen LogP) is 2.98. The quantitative estimate of drug-likeness (QED) is 0.916. The molecular formula is C15H16FN3OS. The Labute approximate surface area is 126 Å². The summed E-state index contributed by atoms with van der Waals surface area (Å²) in [6, 6.07) is 6.24. The van der Waals surface area contributed by atoms with Crippen LogP contribution in [0.3, 0.4) is 0 Å². The predicted molar refractivity (Wildman–Crippen MR) is 80.5 cm³/mol. The van der Waals surface area contributed by atoms with Gasteiger partial charge >= 0.3 is 0 Å². The molecule has 1 atom stereocenters. The Bertz CT molecular complexity index is 626. The van der Waals surface area contributed by atoms with Crippen molar-refractivity contribution < 1.29 is 9.18 Å². The summed E-state index contributed by atoms with van der Waals surface area (Å²) >= 11 is 1.45. The number of H-pyrrole nitrogens is 1. The van der Waals surface area contributed by atoms with Gasteiger partial charge in [0.15, 0.2) is 5.16 Å². The first-order valence-corrected chi connectivity index (χ1v) is 7.85.